The van der Waals surface area contributed by atoms with E-state index in [4.69, 9.17) is 11.6 Å². The highest BCUT2D eigenvalue weighted by Gasteiger charge is 2.12. The van der Waals surface area contributed by atoms with E-state index in [1.165, 1.54) is 6.07 Å². The van der Waals surface area contributed by atoms with E-state index in [1.807, 2.05) is 0 Å². The lowest BCUT2D eigenvalue weighted by Crippen LogP contribution is -1.99. The van der Waals surface area contributed by atoms with E-state index in [0.29, 0.717) is 11.6 Å². The summed E-state index contributed by atoms with van der Waals surface area (Å²) in [5.74, 6) is 0.314. The molecule has 0 bridgehead atoms. The zero-order valence-corrected chi connectivity index (χ0v) is 8.20. The number of aryl methyl sites for hydroxylation is 2. The summed E-state index contributed by atoms with van der Waals surface area (Å²) in [6.07, 6.45) is -2.51. The van der Waals surface area contributed by atoms with Crippen LogP contribution in [0.5, 0.6) is 0 Å². The quantitative estimate of drug-likeness (QED) is 0.675. The van der Waals surface area contributed by atoms with Gasteiger partial charge >= 0.3 is 0 Å². The summed E-state index contributed by atoms with van der Waals surface area (Å²) < 4.78 is 24.5. The summed E-state index contributed by atoms with van der Waals surface area (Å²) in [6, 6.07) is 1.38. The van der Waals surface area contributed by atoms with E-state index in [0.717, 1.165) is 11.1 Å². The fourth-order valence-corrected chi connectivity index (χ4v) is 1.61. The molecule has 1 nitrogen and oxygen atoms in total. The monoisotopic (exact) mass is 205 g/mol. The van der Waals surface area contributed by atoms with Crippen LogP contribution in [-0.4, -0.2) is 4.98 Å². The second-order valence-electron chi connectivity index (χ2n) is 2.86. The molecule has 0 unspecified atom stereocenters. The second kappa shape index (κ2) is 4.01. The van der Waals surface area contributed by atoms with Crippen molar-refractivity contribution >= 4 is 11.6 Å². The average molecular weight is 206 g/mol. The number of pyridine rings is 1. The maximum absolute atomic E-state index is 12.3. The van der Waals surface area contributed by atoms with E-state index in [-0.39, 0.29) is 5.69 Å². The van der Waals surface area contributed by atoms with Gasteiger partial charge in [-0.2, -0.15) is 0 Å². The first-order valence-corrected chi connectivity index (χ1v) is 4.41. The van der Waals surface area contributed by atoms with Crippen LogP contribution in [0.3, 0.4) is 0 Å². The van der Waals surface area contributed by atoms with E-state index < -0.39 is 6.43 Å². The highest BCUT2D eigenvalue weighted by atomic mass is 35.5. The van der Waals surface area contributed by atoms with Gasteiger partial charge in [0.15, 0.2) is 0 Å². The number of alkyl halides is 3. The van der Waals surface area contributed by atoms with Crippen molar-refractivity contribution in [1.82, 2.24) is 4.98 Å². The van der Waals surface area contributed by atoms with E-state index in [2.05, 4.69) is 4.98 Å². The molecule has 1 aromatic rings. The van der Waals surface area contributed by atoms with Crippen molar-refractivity contribution in [3.8, 4) is 0 Å². The fourth-order valence-electron chi connectivity index (χ4n) is 1.20. The molecule has 1 aromatic heterocycles. The molecule has 0 atom stereocenters. The standard InChI is InChI=1S/C9H10ClF2N/c1-5-3-8(9(11)12)13-6(2)7(5)4-10/h3,9H,4H2,1-2H3. The summed E-state index contributed by atoms with van der Waals surface area (Å²) in [7, 11) is 0. The van der Waals surface area contributed by atoms with Crippen LogP contribution in [-0.2, 0) is 5.88 Å². The van der Waals surface area contributed by atoms with Gasteiger partial charge in [-0.25, -0.2) is 8.78 Å². The summed E-state index contributed by atoms with van der Waals surface area (Å²) in [5.41, 5.74) is 2.03. The van der Waals surface area contributed by atoms with Crippen LogP contribution in [0.15, 0.2) is 6.07 Å². The van der Waals surface area contributed by atoms with E-state index in [1.54, 1.807) is 13.8 Å². The molecular weight excluding hydrogens is 196 g/mol. The molecule has 0 aliphatic rings. The highest BCUT2D eigenvalue weighted by molar-refractivity contribution is 6.17. The minimum Gasteiger partial charge on any atom is -0.252 e. The first-order chi connectivity index (χ1) is 6.06. The molecule has 4 heteroatoms. The Bertz CT molecular complexity index is 289. The first-order valence-electron chi connectivity index (χ1n) is 3.87. The van der Waals surface area contributed by atoms with E-state index in [9.17, 15) is 8.78 Å². The normalized spacial score (nSPS) is 10.9. The predicted molar refractivity (Wildman–Crippen MR) is 48.2 cm³/mol. The molecule has 0 aliphatic carbocycles. The number of halogens is 3. The van der Waals surface area contributed by atoms with Gasteiger partial charge in [0.1, 0.15) is 5.69 Å². The van der Waals surface area contributed by atoms with Crippen molar-refractivity contribution in [2.24, 2.45) is 0 Å². The summed E-state index contributed by atoms with van der Waals surface area (Å²) in [5, 5.41) is 0. The third-order valence-corrected chi connectivity index (χ3v) is 2.20. The zero-order valence-electron chi connectivity index (χ0n) is 7.44. The van der Waals surface area contributed by atoms with Gasteiger partial charge < -0.3 is 0 Å². The Morgan fingerprint density at radius 1 is 1.46 bits per heavy atom. The van der Waals surface area contributed by atoms with Gasteiger partial charge in [-0.3, -0.25) is 4.98 Å². The fraction of sp³-hybridized carbons (Fsp3) is 0.444. The molecule has 0 saturated heterocycles. The molecular formula is C9H10ClF2N. The van der Waals surface area contributed by atoms with Gasteiger partial charge in [0.05, 0.1) is 0 Å². The van der Waals surface area contributed by atoms with Crippen LogP contribution in [0.1, 0.15) is 28.9 Å². The van der Waals surface area contributed by atoms with Crippen molar-refractivity contribution in [1.29, 1.82) is 0 Å². The molecule has 0 N–H and O–H groups in total. The topological polar surface area (TPSA) is 12.9 Å². The molecule has 0 radical (unpaired) electrons. The number of hydrogen-bond acceptors (Lipinski definition) is 1. The highest BCUT2D eigenvalue weighted by Crippen LogP contribution is 2.22. The molecule has 72 valence electrons. The number of rotatable bonds is 2. The summed E-state index contributed by atoms with van der Waals surface area (Å²) in [6.45, 7) is 3.45. The van der Waals surface area contributed by atoms with Gasteiger partial charge in [0.25, 0.3) is 6.43 Å². The third-order valence-electron chi connectivity index (χ3n) is 1.93. The first kappa shape index (κ1) is 10.4. The molecule has 0 amide bonds. The lowest BCUT2D eigenvalue weighted by Gasteiger charge is -2.08. The maximum atomic E-state index is 12.3. The van der Waals surface area contributed by atoms with Gasteiger partial charge in [0, 0.05) is 11.6 Å². The van der Waals surface area contributed by atoms with Crippen LogP contribution < -0.4 is 0 Å². The van der Waals surface area contributed by atoms with Crippen LogP contribution >= 0.6 is 11.6 Å². The Morgan fingerprint density at radius 2 is 2.08 bits per heavy atom. The lowest BCUT2D eigenvalue weighted by atomic mass is 10.1. The minimum absolute atomic E-state index is 0.177. The molecule has 1 rings (SSSR count). The van der Waals surface area contributed by atoms with Crippen molar-refractivity contribution in [3.63, 3.8) is 0 Å². The molecule has 13 heavy (non-hydrogen) atoms. The van der Waals surface area contributed by atoms with Crippen LogP contribution in [0.2, 0.25) is 0 Å². The Kier molecular flexibility index (Phi) is 3.20. The largest absolute Gasteiger partial charge is 0.280 e. The predicted octanol–water partition coefficient (Wildman–Crippen LogP) is 3.37. The second-order valence-corrected chi connectivity index (χ2v) is 3.13. The molecule has 1 heterocycles. The van der Waals surface area contributed by atoms with Gasteiger partial charge in [-0.15, -0.1) is 11.6 Å². The maximum Gasteiger partial charge on any atom is 0.280 e. The van der Waals surface area contributed by atoms with Gasteiger partial charge in [-0.05, 0) is 31.0 Å². The SMILES string of the molecule is Cc1cc(C(F)F)nc(C)c1CCl. The van der Waals surface area contributed by atoms with Crippen molar-refractivity contribution in [2.75, 3.05) is 0 Å². The number of nitrogens with zero attached hydrogens (tertiary/aromatic N) is 1. The summed E-state index contributed by atoms with van der Waals surface area (Å²) in [4.78, 5) is 3.77. The molecule has 0 saturated carbocycles. The summed E-state index contributed by atoms with van der Waals surface area (Å²) >= 11 is 5.64. The Morgan fingerprint density at radius 3 is 2.46 bits per heavy atom. The minimum atomic E-state index is -2.51. The Hall–Kier alpha value is -0.700. The Labute approximate surface area is 80.7 Å². The van der Waals surface area contributed by atoms with Crippen LogP contribution in [0.25, 0.3) is 0 Å². The third kappa shape index (κ3) is 2.15. The lowest BCUT2D eigenvalue weighted by molar-refractivity contribution is 0.145. The molecule has 0 fully saturated rings. The number of hydrogen-bond donors (Lipinski definition) is 0. The smallest absolute Gasteiger partial charge is 0.252 e. The van der Waals surface area contributed by atoms with Crippen molar-refractivity contribution < 1.29 is 8.78 Å². The van der Waals surface area contributed by atoms with Crippen molar-refractivity contribution in [2.45, 2.75) is 26.2 Å². The molecule has 0 spiro atoms. The number of aromatic nitrogens is 1. The Balaban J connectivity index is 3.20. The van der Waals surface area contributed by atoms with E-state index >= 15 is 0 Å². The van der Waals surface area contributed by atoms with Gasteiger partial charge in [-0.1, -0.05) is 0 Å². The average Bonchev–Trinajstić information content (AvgIpc) is 2.03. The molecule has 0 aliphatic heterocycles. The van der Waals surface area contributed by atoms with Gasteiger partial charge in [0.2, 0.25) is 0 Å². The van der Waals surface area contributed by atoms with Crippen molar-refractivity contribution in [3.05, 3.63) is 28.6 Å². The molecule has 0 aromatic carbocycles. The zero-order chi connectivity index (χ0) is 10.0. The van der Waals surface area contributed by atoms with Crippen LogP contribution in [0, 0.1) is 13.8 Å². The van der Waals surface area contributed by atoms with Crippen LogP contribution in [0.4, 0.5) is 8.78 Å².